The molecule has 1 aromatic rings. The highest BCUT2D eigenvalue weighted by atomic mass is 19.2. The average molecular weight is 258 g/mol. The highest BCUT2D eigenvalue weighted by Gasteiger charge is 2.17. The molecule has 100 valence electrons. The van der Waals surface area contributed by atoms with Crippen molar-refractivity contribution in [3.8, 4) is 0 Å². The van der Waals surface area contributed by atoms with Crippen LogP contribution in [0.3, 0.4) is 0 Å². The van der Waals surface area contributed by atoms with Gasteiger partial charge >= 0.3 is 0 Å². The Kier molecular flexibility index (Phi) is 5.03. The van der Waals surface area contributed by atoms with Gasteiger partial charge in [-0.1, -0.05) is 6.92 Å². The van der Waals surface area contributed by atoms with E-state index in [1.807, 2.05) is 6.92 Å². The lowest BCUT2D eigenvalue weighted by Gasteiger charge is -2.16. The van der Waals surface area contributed by atoms with Gasteiger partial charge < -0.3 is 15.8 Å². The van der Waals surface area contributed by atoms with Crippen molar-refractivity contribution >= 4 is 11.6 Å². The largest absolute Gasteiger partial charge is 0.398 e. The number of amides is 1. The topological polar surface area (TPSA) is 64.3 Å². The van der Waals surface area contributed by atoms with Crippen LogP contribution in [-0.4, -0.2) is 25.7 Å². The number of hydrogen-bond donors (Lipinski definition) is 2. The number of halogens is 2. The molecule has 0 aliphatic heterocycles. The van der Waals surface area contributed by atoms with Crippen LogP contribution in [0.25, 0.3) is 0 Å². The van der Waals surface area contributed by atoms with E-state index < -0.39 is 17.5 Å². The van der Waals surface area contributed by atoms with Gasteiger partial charge in [-0.05, 0) is 12.5 Å². The fourth-order valence-corrected chi connectivity index (χ4v) is 1.48. The minimum Gasteiger partial charge on any atom is -0.398 e. The van der Waals surface area contributed by atoms with Crippen LogP contribution in [0, 0.1) is 11.6 Å². The third-order valence-corrected chi connectivity index (χ3v) is 2.53. The van der Waals surface area contributed by atoms with Crippen molar-refractivity contribution in [2.75, 3.05) is 19.5 Å². The standard InChI is InChI=1S/C12H16F2N2O2/c1-3-7(6-18-2)16-12(17)8-4-9(13)10(14)5-11(8)15/h4-5,7H,3,6,15H2,1-2H3,(H,16,17). The Morgan fingerprint density at radius 3 is 2.61 bits per heavy atom. The summed E-state index contributed by atoms with van der Waals surface area (Å²) < 4.78 is 30.8. The summed E-state index contributed by atoms with van der Waals surface area (Å²) in [6, 6.07) is 1.39. The number of carbonyl (C=O) groups is 1. The Balaban J connectivity index is 2.87. The summed E-state index contributed by atoms with van der Waals surface area (Å²) >= 11 is 0. The average Bonchev–Trinajstić information content (AvgIpc) is 2.33. The number of nitrogen functional groups attached to an aromatic ring is 1. The molecule has 0 aromatic heterocycles. The maximum absolute atomic E-state index is 13.1. The number of benzene rings is 1. The molecule has 1 rings (SSSR count). The molecule has 0 bridgehead atoms. The van der Waals surface area contributed by atoms with E-state index in [0.717, 1.165) is 12.1 Å². The summed E-state index contributed by atoms with van der Waals surface area (Å²) in [5, 5.41) is 2.64. The van der Waals surface area contributed by atoms with Crippen molar-refractivity contribution in [3.05, 3.63) is 29.3 Å². The SMILES string of the molecule is CCC(COC)NC(=O)c1cc(F)c(F)cc1N. The van der Waals surface area contributed by atoms with Crippen LogP contribution in [0.4, 0.5) is 14.5 Å². The molecule has 3 N–H and O–H groups in total. The molecular formula is C12H16F2N2O2. The van der Waals surface area contributed by atoms with Gasteiger partial charge in [0.1, 0.15) is 0 Å². The van der Waals surface area contributed by atoms with E-state index in [4.69, 9.17) is 10.5 Å². The molecule has 1 atom stereocenters. The molecule has 0 aliphatic rings. The van der Waals surface area contributed by atoms with Gasteiger partial charge in [-0.25, -0.2) is 8.78 Å². The van der Waals surface area contributed by atoms with Crippen LogP contribution in [-0.2, 0) is 4.74 Å². The normalized spacial score (nSPS) is 12.2. The number of carbonyl (C=O) groups excluding carboxylic acids is 1. The molecule has 18 heavy (non-hydrogen) atoms. The van der Waals surface area contributed by atoms with E-state index in [-0.39, 0.29) is 17.3 Å². The van der Waals surface area contributed by atoms with Gasteiger partial charge in [0.05, 0.1) is 18.2 Å². The fraction of sp³-hybridized carbons (Fsp3) is 0.417. The van der Waals surface area contributed by atoms with E-state index >= 15 is 0 Å². The molecule has 0 saturated heterocycles. The van der Waals surface area contributed by atoms with Crippen LogP contribution in [0.5, 0.6) is 0 Å². The van der Waals surface area contributed by atoms with E-state index in [2.05, 4.69) is 5.32 Å². The molecule has 1 unspecified atom stereocenters. The van der Waals surface area contributed by atoms with Gasteiger partial charge in [0.25, 0.3) is 5.91 Å². The predicted octanol–water partition coefficient (Wildman–Crippen LogP) is 1.70. The number of nitrogens with two attached hydrogens (primary N) is 1. The van der Waals surface area contributed by atoms with Crippen LogP contribution in [0.15, 0.2) is 12.1 Å². The third kappa shape index (κ3) is 3.40. The van der Waals surface area contributed by atoms with Crippen molar-refractivity contribution in [3.63, 3.8) is 0 Å². The van der Waals surface area contributed by atoms with Gasteiger partial charge in [-0.3, -0.25) is 4.79 Å². The second kappa shape index (κ2) is 6.30. The monoisotopic (exact) mass is 258 g/mol. The van der Waals surface area contributed by atoms with Gasteiger partial charge in [-0.15, -0.1) is 0 Å². The summed E-state index contributed by atoms with van der Waals surface area (Å²) in [7, 11) is 1.51. The van der Waals surface area contributed by atoms with Crippen molar-refractivity contribution < 1.29 is 18.3 Å². The molecule has 1 amide bonds. The number of ether oxygens (including phenoxy) is 1. The van der Waals surface area contributed by atoms with Crippen LogP contribution >= 0.6 is 0 Å². The maximum atomic E-state index is 13.1. The third-order valence-electron chi connectivity index (χ3n) is 2.53. The lowest BCUT2D eigenvalue weighted by atomic mass is 10.1. The van der Waals surface area contributed by atoms with Crippen molar-refractivity contribution in [2.24, 2.45) is 0 Å². The van der Waals surface area contributed by atoms with Gasteiger partial charge in [0.2, 0.25) is 0 Å². The summed E-state index contributed by atoms with van der Waals surface area (Å²) in [5.74, 6) is -2.72. The number of hydrogen-bond acceptors (Lipinski definition) is 3. The van der Waals surface area contributed by atoms with E-state index in [0.29, 0.717) is 13.0 Å². The highest BCUT2D eigenvalue weighted by Crippen LogP contribution is 2.17. The Hall–Kier alpha value is -1.69. The molecule has 0 spiro atoms. The Morgan fingerprint density at radius 2 is 2.06 bits per heavy atom. The van der Waals surface area contributed by atoms with Gasteiger partial charge in [0.15, 0.2) is 11.6 Å². The molecule has 0 aliphatic carbocycles. The fourth-order valence-electron chi connectivity index (χ4n) is 1.48. The minimum absolute atomic E-state index is 0.0801. The Labute approximate surface area is 104 Å². The van der Waals surface area contributed by atoms with Crippen molar-refractivity contribution in [1.29, 1.82) is 0 Å². The van der Waals surface area contributed by atoms with Crippen LogP contribution < -0.4 is 11.1 Å². The van der Waals surface area contributed by atoms with Gasteiger partial charge in [0, 0.05) is 18.9 Å². The number of anilines is 1. The first-order valence-electron chi connectivity index (χ1n) is 5.53. The molecular weight excluding hydrogens is 242 g/mol. The molecule has 4 nitrogen and oxygen atoms in total. The van der Waals surface area contributed by atoms with Crippen LogP contribution in [0.1, 0.15) is 23.7 Å². The second-order valence-corrected chi connectivity index (χ2v) is 3.89. The molecule has 0 heterocycles. The van der Waals surface area contributed by atoms with Crippen molar-refractivity contribution in [1.82, 2.24) is 5.32 Å². The highest BCUT2D eigenvalue weighted by molar-refractivity contribution is 5.99. The smallest absolute Gasteiger partial charge is 0.253 e. The predicted molar refractivity (Wildman–Crippen MR) is 64.2 cm³/mol. The molecule has 6 heteroatoms. The first-order valence-corrected chi connectivity index (χ1v) is 5.53. The van der Waals surface area contributed by atoms with Gasteiger partial charge in [-0.2, -0.15) is 0 Å². The zero-order valence-electron chi connectivity index (χ0n) is 10.3. The quantitative estimate of drug-likeness (QED) is 0.790. The van der Waals surface area contributed by atoms with E-state index in [1.165, 1.54) is 7.11 Å². The Morgan fingerprint density at radius 1 is 1.44 bits per heavy atom. The lowest BCUT2D eigenvalue weighted by molar-refractivity contribution is 0.0895. The number of rotatable bonds is 5. The van der Waals surface area contributed by atoms with Crippen LogP contribution in [0.2, 0.25) is 0 Å². The summed E-state index contributed by atoms with van der Waals surface area (Å²) in [6.45, 7) is 2.21. The lowest BCUT2D eigenvalue weighted by Crippen LogP contribution is -2.37. The zero-order chi connectivity index (χ0) is 13.7. The number of methoxy groups -OCH3 is 1. The zero-order valence-corrected chi connectivity index (χ0v) is 10.3. The molecule has 1 aromatic carbocycles. The second-order valence-electron chi connectivity index (χ2n) is 3.89. The summed E-state index contributed by atoms with van der Waals surface area (Å²) in [4.78, 5) is 11.8. The molecule has 0 fully saturated rings. The summed E-state index contributed by atoms with van der Waals surface area (Å²) in [6.07, 6.45) is 0.656. The first kappa shape index (κ1) is 14.4. The Bertz CT molecular complexity index is 438. The first-order chi connectivity index (χ1) is 8.49. The number of nitrogens with one attached hydrogen (secondary N) is 1. The van der Waals surface area contributed by atoms with E-state index in [1.54, 1.807) is 0 Å². The minimum atomic E-state index is -1.10. The van der Waals surface area contributed by atoms with Crippen molar-refractivity contribution in [2.45, 2.75) is 19.4 Å². The molecule has 0 saturated carbocycles. The maximum Gasteiger partial charge on any atom is 0.253 e. The summed E-state index contributed by atoms with van der Waals surface area (Å²) in [5.41, 5.74) is 5.30. The molecule has 0 radical (unpaired) electrons. The van der Waals surface area contributed by atoms with E-state index in [9.17, 15) is 13.6 Å².